The van der Waals surface area contributed by atoms with E-state index in [2.05, 4.69) is 14.7 Å². The molecule has 0 fully saturated rings. The molecule has 0 amide bonds. The summed E-state index contributed by atoms with van der Waals surface area (Å²) in [6.45, 7) is 0. The van der Waals surface area contributed by atoms with Gasteiger partial charge in [-0.25, -0.2) is 4.79 Å². The van der Waals surface area contributed by atoms with Crippen LogP contribution in [-0.2, 0) is 24.1 Å². The average molecular weight is 415 g/mol. The topological polar surface area (TPSA) is 85.2 Å². The van der Waals surface area contributed by atoms with Gasteiger partial charge in [-0.05, 0) is 54.2 Å². The lowest BCUT2D eigenvalue weighted by Crippen LogP contribution is -2.15. The van der Waals surface area contributed by atoms with E-state index in [-0.39, 0.29) is 11.7 Å². The SMILES string of the molecule is COc1ccc(CC(CCc2noc(=O)[nH]2)CC(=O)Cc2ccc(Cl)cc2)cc1. The van der Waals surface area contributed by atoms with Crippen LogP contribution in [0.3, 0.4) is 0 Å². The maximum atomic E-state index is 12.7. The summed E-state index contributed by atoms with van der Waals surface area (Å²) in [5.41, 5.74) is 2.08. The summed E-state index contributed by atoms with van der Waals surface area (Å²) in [6, 6.07) is 15.2. The number of methoxy groups -OCH3 is 1. The number of carbonyl (C=O) groups is 1. The number of hydrogen-bond donors (Lipinski definition) is 1. The monoisotopic (exact) mass is 414 g/mol. The van der Waals surface area contributed by atoms with Crippen molar-refractivity contribution >= 4 is 17.4 Å². The number of halogens is 1. The lowest BCUT2D eigenvalue weighted by atomic mass is 9.88. The summed E-state index contributed by atoms with van der Waals surface area (Å²) < 4.78 is 9.76. The highest BCUT2D eigenvalue weighted by Gasteiger charge is 2.17. The van der Waals surface area contributed by atoms with Crippen molar-refractivity contribution in [1.29, 1.82) is 0 Å². The third-order valence-electron chi connectivity index (χ3n) is 4.79. The summed E-state index contributed by atoms with van der Waals surface area (Å²) in [4.78, 5) is 26.4. The van der Waals surface area contributed by atoms with Crippen molar-refractivity contribution < 1.29 is 14.1 Å². The van der Waals surface area contributed by atoms with Crippen LogP contribution >= 0.6 is 11.6 Å². The van der Waals surface area contributed by atoms with E-state index in [1.165, 1.54) is 0 Å². The number of H-pyrrole nitrogens is 1. The van der Waals surface area contributed by atoms with Crippen LogP contribution in [0.2, 0.25) is 5.02 Å². The zero-order chi connectivity index (χ0) is 20.6. The Morgan fingerprint density at radius 2 is 1.83 bits per heavy atom. The molecule has 0 aliphatic heterocycles. The Hall–Kier alpha value is -2.86. The van der Waals surface area contributed by atoms with Crippen LogP contribution in [0.4, 0.5) is 0 Å². The summed E-state index contributed by atoms with van der Waals surface area (Å²) in [6.07, 6.45) is 2.81. The van der Waals surface area contributed by atoms with Crippen LogP contribution < -0.4 is 10.5 Å². The normalized spacial score (nSPS) is 11.9. The molecule has 0 spiro atoms. The first-order valence-electron chi connectivity index (χ1n) is 9.46. The molecule has 0 saturated heterocycles. The number of ether oxygens (including phenoxy) is 1. The number of rotatable bonds is 10. The standard InChI is InChI=1S/C22H23ClN2O4/c1-28-20-9-4-15(5-10-20)12-17(6-11-21-24-22(27)29-25-21)14-19(26)13-16-2-7-18(23)8-3-16/h2-5,7-10,17H,6,11-14H2,1H3,(H,24,25,27). The predicted octanol–water partition coefficient (Wildman–Crippen LogP) is 4.02. The van der Waals surface area contributed by atoms with E-state index in [1.54, 1.807) is 19.2 Å². The van der Waals surface area contributed by atoms with Gasteiger partial charge in [0.2, 0.25) is 0 Å². The number of nitrogens with one attached hydrogen (secondary N) is 1. The number of carbonyl (C=O) groups excluding carboxylic acids is 1. The van der Waals surface area contributed by atoms with E-state index in [9.17, 15) is 9.59 Å². The summed E-state index contributed by atoms with van der Waals surface area (Å²) in [5.74, 6) is 1.01. The van der Waals surface area contributed by atoms with Crippen LogP contribution in [0, 0.1) is 5.92 Å². The Morgan fingerprint density at radius 3 is 2.45 bits per heavy atom. The minimum Gasteiger partial charge on any atom is -0.497 e. The van der Waals surface area contributed by atoms with Crippen molar-refractivity contribution in [3.8, 4) is 5.75 Å². The van der Waals surface area contributed by atoms with Crippen molar-refractivity contribution in [3.05, 3.63) is 81.1 Å². The molecule has 152 valence electrons. The third kappa shape index (κ3) is 6.61. The van der Waals surface area contributed by atoms with Gasteiger partial charge in [0.15, 0.2) is 5.82 Å². The number of Topliss-reactive ketones (excluding diaryl/α,β-unsaturated/α-hetero) is 1. The second kappa shape index (κ2) is 10.1. The lowest BCUT2D eigenvalue weighted by Gasteiger charge is -2.16. The van der Waals surface area contributed by atoms with E-state index in [0.717, 1.165) is 23.3 Å². The van der Waals surface area contributed by atoms with Gasteiger partial charge >= 0.3 is 5.76 Å². The van der Waals surface area contributed by atoms with Crippen molar-refractivity contribution in [2.24, 2.45) is 5.92 Å². The zero-order valence-electron chi connectivity index (χ0n) is 16.2. The number of hydrogen-bond acceptors (Lipinski definition) is 5. The summed E-state index contributed by atoms with van der Waals surface area (Å²) >= 11 is 5.91. The van der Waals surface area contributed by atoms with Crippen molar-refractivity contribution in [2.45, 2.75) is 32.1 Å². The molecule has 0 radical (unpaired) electrons. The minimum absolute atomic E-state index is 0.114. The molecule has 29 heavy (non-hydrogen) atoms. The molecule has 0 bridgehead atoms. The molecule has 0 aliphatic rings. The summed E-state index contributed by atoms with van der Waals surface area (Å²) in [7, 11) is 1.63. The lowest BCUT2D eigenvalue weighted by molar-refractivity contribution is -0.119. The first-order chi connectivity index (χ1) is 14.0. The highest BCUT2D eigenvalue weighted by Crippen LogP contribution is 2.21. The predicted molar refractivity (Wildman–Crippen MR) is 110 cm³/mol. The molecule has 6 nitrogen and oxygen atoms in total. The second-order valence-electron chi connectivity index (χ2n) is 7.04. The maximum Gasteiger partial charge on any atom is 0.438 e. The van der Waals surface area contributed by atoms with Crippen molar-refractivity contribution in [3.63, 3.8) is 0 Å². The fraction of sp³-hybridized carbons (Fsp3) is 0.318. The fourth-order valence-corrected chi connectivity index (χ4v) is 3.43. The van der Waals surface area contributed by atoms with Crippen molar-refractivity contribution in [1.82, 2.24) is 10.1 Å². The van der Waals surface area contributed by atoms with Crippen LogP contribution in [0.1, 0.15) is 29.8 Å². The van der Waals surface area contributed by atoms with Crippen LogP contribution in [0.5, 0.6) is 5.75 Å². The molecular formula is C22H23ClN2O4. The number of ketones is 1. The number of aryl methyl sites for hydroxylation is 1. The third-order valence-corrected chi connectivity index (χ3v) is 5.04. The smallest absolute Gasteiger partial charge is 0.438 e. The number of benzene rings is 2. The van der Waals surface area contributed by atoms with E-state index in [0.29, 0.717) is 36.5 Å². The Balaban J connectivity index is 1.65. The van der Waals surface area contributed by atoms with Gasteiger partial charge in [-0.3, -0.25) is 14.3 Å². The Labute approximate surface area is 173 Å². The van der Waals surface area contributed by atoms with Crippen LogP contribution in [0.15, 0.2) is 57.8 Å². The molecule has 0 saturated carbocycles. The highest BCUT2D eigenvalue weighted by atomic mass is 35.5. The van der Waals surface area contributed by atoms with Gasteiger partial charge in [0.1, 0.15) is 11.5 Å². The largest absolute Gasteiger partial charge is 0.497 e. The minimum atomic E-state index is -0.564. The Bertz CT molecular complexity index is 977. The zero-order valence-corrected chi connectivity index (χ0v) is 16.9. The Kier molecular flexibility index (Phi) is 7.25. The first-order valence-corrected chi connectivity index (χ1v) is 9.83. The summed E-state index contributed by atoms with van der Waals surface area (Å²) in [5, 5.41) is 4.37. The molecule has 1 unspecified atom stereocenters. The highest BCUT2D eigenvalue weighted by molar-refractivity contribution is 6.30. The molecule has 7 heteroatoms. The molecule has 3 rings (SSSR count). The Morgan fingerprint density at radius 1 is 1.14 bits per heavy atom. The van der Waals surface area contributed by atoms with Crippen LogP contribution in [0.25, 0.3) is 0 Å². The number of aromatic nitrogens is 2. The molecule has 1 aromatic heterocycles. The molecule has 1 heterocycles. The van der Waals surface area contributed by atoms with Gasteiger partial charge in [-0.15, -0.1) is 0 Å². The molecule has 3 aromatic rings. The van der Waals surface area contributed by atoms with E-state index in [4.69, 9.17) is 16.3 Å². The molecular weight excluding hydrogens is 392 g/mol. The molecule has 0 aliphatic carbocycles. The first kappa shape index (κ1) is 20.9. The maximum absolute atomic E-state index is 12.7. The molecule has 1 N–H and O–H groups in total. The molecule has 1 atom stereocenters. The van der Waals surface area contributed by atoms with E-state index in [1.807, 2.05) is 36.4 Å². The van der Waals surface area contributed by atoms with E-state index < -0.39 is 5.76 Å². The number of nitrogens with zero attached hydrogens (tertiary/aromatic N) is 1. The van der Waals surface area contributed by atoms with Crippen LogP contribution in [-0.4, -0.2) is 23.0 Å². The van der Waals surface area contributed by atoms with Gasteiger partial charge < -0.3 is 4.74 Å². The molecule has 2 aromatic carbocycles. The average Bonchev–Trinajstić information content (AvgIpc) is 3.13. The van der Waals surface area contributed by atoms with E-state index >= 15 is 0 Å². The van der Waals surface area contributed by atoms with Gasteiger partial charge in [-0.1, -0.05) is 41.0 Å². The van der Waals surface area contributed by atoms with Gasteiger partial charge in [0, 0.05) is 24.3 Å². The fourth-order valence-electron chi connectivity index (χ4n) is 3.30. The van der Waals surface area contributed by atoms with Gasteiger partial charge in [0.05, 0.1) is 7.11 Å². The number of aromatic amines is 1. The van der Waals surface area contributed by atoms with Gasteiger partial charge in [0.25, 0.3) is 0 Å². The second-order valence-corrected chi connectivity index (χ2v) is 7.48. The van der Waals surface area contributed by atoms with Gasteiger partial charge in [-0.2, -0.15) is 0 Å². The van der Waals surface area contributed by atoms with Crippen molar-refractivity contribution in [2.75, 3.05) is 7.11 Å². The quantitative estimate of drug-likeness (QED) is 0.541.